The SMILES string of the molecule is NCC1(C2CCCCN2)CCC1. The lowest BCUT2D eigenvalue weighted by molar-refractivity contribution is 0.0691. The molecule has 2 aliphatic rings. The molecular weight excluding hydrogens is 148 g/mol. The van der Waals surface area contributed by atoms with E-state index in [2.05, 4.69) is 5.32 Å². The van der Waals surface area contributed by atoms with Crippen LogP contribution < -0.4 is 11.1 Å². The molecule has 12 heavy (non-hydrogen) atoms. The van der Waals surface area contributed by atoms with E-state index in [1.807, 2.05) is 0 Å². The van der Waals surface area contributed by atoms with Crippen molar-refractivity contribution in [3.8, 4) is 0 Å². The van der Waals surface area contributed by atoms with Crippen LogP contribution in [0, 0.1) is 5.41 Å². The minimum atomic E-state index is 0.500. The van der Waals surface area contributed by atoms with E-state index in [1.54, 1.807) is 0 Å². The summed E-state index contributed by atoms with van der Waals surface area (Å²) >= 11 is 0. The van der Waals surface area contributed by atoms with Crippen LogP contribution in [0.25, 0.3) is 0 Å². The zero-order valence-electron chi connectivity index (χ0n) is 7.81. The van der Waals surface area contributed by atoms with E-state index in [0.717, 1.165) is 12.6 Å². The van der Waals surface area contributed by atoms with Gasteiger partial charge in [-0.1, -0.05) is 12.8 Å². The normalized spacial score (nSPS) is 34.2. The van der Waals surface area contributed by atoms with Crippen molar-refractivity contribution >= 4 is 0 Å². The first kappa shape index (κ1) is 8.52. The smallest absolute Gasteiger partial charge is 0.0136 e. The van der Waals surface area contributed by atoms with E-state index in [0.29, 0.717) is 5.41 Å². The van der Waals surface area contributed by atoms with Gasteiger partial charge in [0.2, 0.25) is 0 Å². The highest BCUT2D eigenvalue weighted by Gasteiger charge is 2.42. The van der Waals surface area contributed by atoms with Gasteiger partial charge < -0.3 is 11.1 Å². The van der Waals surface area contributed by atoms with Crippen LogP contribution in [0.2, 0.25) is 0 Å². The number of piperidine rings is 1. The summed E-state index contributed by atoms with van der Waals surface area (Å²) in [5.41, 5.74) is 6.36. The van der Waals surface area contributed by atoms with Gasteiger partial charge in [-0.15, -0.1) is 0 Å². The van der Waals surface area contributed by atoms with E-state index in [4.69, 9.17) is 5.73 Å². The molecule has 1 unspecified atom stereocenters. The first-order valence-electron chi connectivity index (χ1n) is 5.31. The van der Waals surface area contributed by atoms with Gasteiger partial charge in [-0.2, -0.15) is 0 Å². The summed E-state index contributed by atoms with van der Waals surface area (Å²) in [7, 11) is 0. The van der Waals surface area contributed by atoms with E-state index < -0.39 is 0 Å². The van der Waals surface area contributed by atoms with E-state index in [-0.39, 0.29) is 0 Å². The number of hydrogen-bond acceptors (Lipinski definition) is 2. The number of nitrogens with one attached hydrogen (secondary N) is 1. The minimum Gasteiger partial charge on any atom is -0.330 e. The molecule has 2 fully saturated rings. The lowest BCUT2D eigenvalue weighted by atomic mass is 9.62. The molecule has 0 aromatic rings. The Morgan fingerprint density at radius 3 is 2.50 bits per heavy atom. The Morgan fingerprint density at radius 2 is 2.08 bits per heavy atom. The Kier molecular flexibility index (Phi) is 2.37. The molecule has 1 heterocycles. The summed E-state index contributed by atoms with van der Waals surface area (Å²) in [6.07, 6.45) is 8.24. The Bertz CT molecular complexity index is 140. The Hall–Kier alpha value is -0.0800. The van der Waals surface area contributed by atoms with E-state index >= 15 is 0 Å². The lowest BCUT2D eigenvalue weighted by Gasteiger charge is -2.49. The topological polar surface area (TPSA) is 38.0 Å². The fourth-order valence-electron chi connectivity index (χ4n) is 2.70. The number of rotatable bonds is 2. The molecule has 0 spiro atoms. The van der Waals surface area contributed by atoms with Crippen molar-refractivity contribution in [3.05, 3.63) is 0 Å². The molecule has 0 aromatic heterocycles. The molecule has 2 rings (SSSR count). The largest absolute Gasteiger partial charge is 0.330 e. The van der Waals surface area contributed by atoms with Crippen LogP contribution in [-0.2, 0) is 0 Å². The van der Waals surface area contributed by atoms with Crippen LogP contribution in [0.3, 0.4) is 0 Å². The maximum atomic E-state index is 5.86. The summed E-state index contributed by atoms with van der Waals surface area (Å²) < 4.78 is 0. The third kappa shape index (κ3) is 1.27. The molecule has 0 bridgehead atoms. The van der Waals surface area contributed by atoms with Gasteiger partial charge in [0, 0.05) is 6.04 Å². The minimum absolute atomic E-state index is 0.500. The first-order valence-corrected chi connectivity index (χ1v) is 5.31. The van der Waals surface area contributed by atoms with Gasteiger partial charge >= 0.3 is 0 Å². The van der Waals surface area contributed by atoms with Crippen molar-refractivity contribution in [1.82, 2.24) is 5.32 Å². The fraction of sp³-hybridized carbons (Fsp3) is 1.00. The predicted molar refractivity (Wildman–Crippen MR) is 51.0 cm³/mol. The van der Waals surface area contributed by atoms with Gasteiger partial charge in [-0.25, -0.2) is 0 Å². The van der Waals surface area contributed by atoms with Crippen molar-refractivity contribution in [3.63, 3.8) is 0 Å². The van der Waals surface area contributed by atoms with Gasteiger partial charge in [0.1, 0.15) is 0 Å². The maximum absolute atomic E-state index is 5.86. The van der Waals surface area contributed by atoms with Crippen LogP contribution in [0.1, 0.15) is 38.5 Å². The Morgan fingerprint density at radius 1 is 1.25 bits per heavy atom. The van der Waals surface area contributed by atoms with Crippen LogP contribution >= 0.6 is 0 Å². The second kappa shape index (κ2) is 3.35. The molecule has 0 radical (unpaired) electrons. The van der Waals surface area contributed by atoms with Crippen molar-refractivity contribution in [1.29, 1.82) is 0 Å². The Balaban J connectivity index is 1.95. The molecule has 3 N–H and O–H groups in total. The summed E-state index contributed by atoms with van der Waals surface area (Å²) in [5, 5.41) is 3.63. The average molecular weight is 168 g/mol. The molecular formula is C10H20N2. The number of hydrogen-bond donors (Lipinski definition) is 2. The molecule has 1 saturated heterocycles. The summed E-state index contributed by atoms with van der Waals surface area (Å²) in [4.78, 5) is 0. The number of nitrogens with two attached hydrogens (primary N) is 1. The van der Waals surface area contributed by atoms with E-state index in [9.17, 15) is 0 Å². The predicted octanol–water partition coefficient (Wildman–Crippen LogP) is 1.26. The van der Waals surface area contributed by atoms with Crippen molar-refractivity contribution < 1.29 is 0 Å². The van der Waals surface area contributed by atoms with E-state index in [1.165, 1.54) is 45.1 Å². The molecule has 1 atom stereocenters. The second-order valence-corrected chi connectivity index (χ2v) is 4.42. The second-order valence-electron chi connectivity index (χ2n) is 4.42. The van der Waals surface area contributed by atoms with Crippen molar-refractivity contribution in [2.45, 2.75) is 44.6 Å². The zero-order valence-corrected chi connectivity index (χ0v) is 7.81. The molecule has 0 amide bonds. The van der Waals surface area contributed by atoms with Gasteiger partial charge in [0.25, 0.3) is 0 Å². The molecule has 2 heteroatoms. The standard InChI is InChI=1S/C10H20N2/c11-8-10(5-3-6-10)9-4-1-2-7-12-9/h9,12H,1-8,11H2. The highest BCUT2D eigenvalue weighted by Crippen LogP contribution is 2.44. The molecule has 1 aliphatic carbocycles. The van der Waals surface area contributed by atoms with Crippen LogP contribution in [0.5, 0.6) is 0 Å². The zero-order chi connectivity index (χ0) is 8.44. The first-order chi connectivity index (χ1) is 5.87. The third-order valence-electron chi connectivity index (χ3n) is 3.81. The molecule has 70 valence electrons. The maximum Gasteiger partial charge on any atom is 0.0136 e. The molecule has 1 saturated carbocycles. The molecule has 0 aromatic carbocycles. The fourth-order valence-corrected chi connectivity index (χ4v) is 2.70. The summed E-state index contributed by atoms with van der Waals surface area (Å²) in [6, 6.07) is 0.741. The Labute approximate surface area is 74.9 Å². The average Bonchev–Trinajstić information content (AvgIpc) is 2.05. The van der Waals surface area contributed by atoms with Gasteiger partial charge in [0.15, 0.2) is 0 Å². The third-order valence-corrected chi connectivity index (χ3v) is 3.81. The summed E-state index contributed by atoms with van der Waals surface area (Å²) in [5.74, 6) is 0. The van der Waals surface area contributed by atoms with Crippen molar-refractivity contribution in [2.24, 2.45) is 11.1 Å². The summed E-state index contributed by atoms with van der Waals surface area (Å²) in [6.45, 7) is 2.11. The van der Waals surface area contributed by atoms with Gasteiger partial charge in [-0.3, -0.25) is 0 Å². The highest BCUT2D eigenvalue weighted by molar-refractivity contribution is 4.98. The van der Waals surface area contributed by atoms with Crippen LogP contribution in [-0.4, -0.2) is 19.1 Å². The van der Waals surface area contributed by atoms with Gasteiger partial charge in [-0.05, 0) is 44.2 Å². The van der Waals surface area contributed by atoms with Crippen molar-refractivity contribution in [2.75, 3.05) is 13.1 Å². The van der Waals surface area contributed by atoms with Crippen LogP contribution in [0.15, 0.2) is 0 Å². The lowest BCUT2D eigenvalue weighted by Crippen LogP contribution is -2.55. The molecule has 2 nitrogen and oxygen atoms in total. The monoisotopic (exact) mass is 168 g/mol. The quantitative estimate of drug-likeness (QED) is 0.651. The molecule has 1 aliphatic heterocycles. The highest BCUT2D eigenvalue weighted by atomic mass is 15.0. The van der Waals surface area contributed by atoms with Crippen LogP contribution in [0.4, 0.5) is 0 Å². The van der Waals surface area contributed by atoms with Gasteiger partial charge in [0.05, 0.1) is 0 Å².